The number of amides is 1. The number of rotatable bonds is 3. The standard InChI is InChI=1S/C22H22FN3O/c23-19-7-9-20(10-8-19)25-13-4-14-26(16-15-25)22(27)18-5-3-6-21(17-18)24-11-1-2-12-24/h1-3,5-12,17H,4,13-16H2. The van der Waals surface area contributed by atoms with Crippen molar-refractivity contribution in [3.8, 4) is 5.69 Å². The van der Waals surface area contributed by atoms with Crippen LogP contribution in [0.2, 0.25) is 0 Å². The highest BCUT2D eigenvalue weighted by Gasteiger charge is 2.20. The first kappa shape index (κ1) is 17.3. The number of hydrogen-bond donors (Lipinski definition) is 0. The van der Waals surface area contributed by atoms with Gasteiger partial charge < -0.3 is 14.4 Å². The van der Waals surface area contributed by atoms with Crippen molar-refractivity contribution in [3.05, 3.63) is 84.4 Å². The van der Waals surface area contributed by atoms with E-state index in [4.69, 9.17) is 0 Å². The second-order valence-electron chi connectivity index (χ2n) is 6.75. The van der Waals surface area contributed by atoms with Gasteiger partial charge in [-0.2, -0.15) is 0 Å². The van der Waals surface area contributed by atoms with Crippen molar-refractivity contribution >= 4 is 11.6 Å². The van der Waals surface area contributed by atoms with E-state index in [1.165, 1.54) is 12.1 Å². The molecular formula is C22H22FN3O. The van der Waals surface area contributed by atoms with E-state index < -0.39 is 0 Å². The third kappa shape index (κ3) is 3.87. The zero-order valence-corrected chi connectivity index (χ0v) is 15.1. The predicted molar refractivity (Wildman–Crippen MR) is 105 cm³/mol. The molecule has 4 rings (SSSR count). The fourth-order valence-corrected chi connectivity index (χ4v) is 3.52. The molecular weight excluding hydrogens is 341 g/mol. The van der Waals surface area contributed by atoms with E-state index >= 15 is 0 Å². The Hall–Kier alpha value is -3.08. The van der Waals surface area contributed by atoms with Crippen LogP contribution in [0.5, 0.6) is 0 Å². The SMILES string of the molecule is O=C(c1cccc(-n2cccc2)c1)N1CCCN(c2ccc(F)cc2)CC1. The lowest BCUT2D eigenvalue weighted by Crippen LogP contribution is -2.35. The number of carbonyl (C=O) groups is 1. The van der Waals surface area contributed by atoms with Crippen molar-refractivity contribution < 1.29 is 9.18 Å². The molecule has 5 heteroatoms. The first-order valence-corrected chi connectivity index (χ1v) is 9.24. The maximum Gasteiger partial charge on any atom is 0.253 e. The number of aromatic nitrogens is 1. The van der Waals surface area contributed by atoms with Gasteiger partial charge in [-0.05, 0) is 61.0 Å². The van der Waals surface area contributed by atoms with Gasteiger partial charge in [-0.15, -0.1) is 0 Å². The molecule has 1 amide bonds. The first-order valence-electron chi connectivity index (χ1n) is 9.24. The van der Waals surface area contributed by atoms with Gasteiger partial charge in [0.25, 0.3) is 5.91 Å². The van der Waals surface area contributed by atoms with Gasteiger partial charge >= 0.3 is 0 Å². The van der Waals surface area contributed by atoms with Crippen LogP contribution in [-0.4, -0.2) is 41.6 Å². The van der Waals surface area contributed by atoms with Gasteiger partial charge in [0, 0.05) is 55.5 Å². The lowest BCUT2D eigenvalue weighted by Gasteiger charge is -2.24. The smallest absolute Gasteiger partial charge is 0.253 e. The van der Waals surface area contributed by atoms with Gasteiger partial charge in [0.05, 0.1) is 0 Å². The molecule has 0 saturated carbocycles. The van der Waals surface area contributed by atoms with E-state index in [9.17, 15) is 9.18 Å². The molecule has 3 aromatic rings. The molecule has 1 aliphatic rings. The molecule has 1 saturated heterocycles. The molecule has 0 N–H and O–H groups in total. The minimum atomic E-state index is -0.229. The molecule has 0 unspecified atom stereocenters. The fraction of sp³-hybridized carbons (Fsp3) is 0.227. The molecule has 0 atom stereocenters. The van der Waals surface area contributed by atoms with Crippen LogP contribution in [0.25, 0.3) is 5.69 Å². The molecule has 1 fully saturated rings. The summed E-state index contributed by atoms with van der Waals surface area (Å²) in [4.78, 5) is 17.1. The Morgan fingerprint density at radius 2 is 1.59 bits per heavy atom. The van der Waals surface area contributed by atoms with Crippen LogP contribution in [-0.2, 0) is 0 Å². The Kier molecular flexibility index (Phi) is 4.92. The van der Waals surface area contributed by atoms with Crippen LogP contribution < -0.4 is 4.90 Å². The van der Waals surface area contributed by atoms with E-state index in [1.807, 2.05) is 58.3 Å². The number of anilines is 1. The minimum Gasteiger partial charge on any atom is -0.370 e. The Morgan fingerprint density at radius 1 is 0.815 bits per heavy atom. The number of nitrogens with zero attached hydrogens (tertiary/aromatic N) is 3. The molecule has 27 heavy (non-hydrogen) atoms. The zero-order chi connectivity index (χ0) is 18.6. The first-order chi connectivity index (χ1) is 13.2. The summed E-state index contributed by atoms with van der Waals surface area (Å²) >= 11 is 0. The Balaban J connectivity index is 1.47. The topological polar surface area (TPSA) is 28.5 Å². The van der Waals surface area contributed by atoms with Crippen molar-refractivity contribution in [2.75, 3.05) is 31.1 Å². The van der Waals surface area contributed by atoms with Gasteiger partial charge in [-0.1, -0.05) is 6.07 Å². The molecule has 0 spiro atoms. The largest absolute Gasteiger partial charge is 0.370 e. The van der Waals surface area contributed by atoms with Crippen LogP contribution in [0, 0.1) is 5.82 Å². The number of hydrogen-bond acceptors (Lipinski definition) is 2. The van der Waals surface area contributed by atoms with Crippen LogP contribution in [0.3, 0.4) is 0 Å². The maximum atomic E-state index is 13.2. The average molecular weight is 363 g/mol. The fourth-order valence-electron chi connectivity index (χ4n) is 3.52. The van der Waals surface area contributed by atoms with Crippen molar-refractivity contribution in [2.45, 2.75) is 6.42 Å². The predicted octanol–water partition coefficient (Wildman–Crippen LogP) is 3.97. The van der Waals surface area contributed by atoms with Crippen LogP contribution in [0.15, 0.2) is 73.1 Å². The Labute approximate surface area is 158 Å². The summed E-state index contributed by atoms with van der Waals surface area (Å²) in [6.45, 7) is 2.99. The average Bonchev–Trinajstić information content (AvgIpc) is 3.13. The third-order valence-electron chi connectivity index (χ3n) is 4.97. The van der Waals surface area contributed by atoms with Crippen molar-refractivity contribution in [2.24, 2.45) is 0 Å². The van der Waals surface area contributed by atoms with Gasteiger partial charge in [0.1, 0.15) is 5.82 Å². The molecule has 1 aliphatic heterocycles. The number of carbonyl (C=O) groups excluding carboxylic acids is 1. The zero-order valence-electron chi connectivity index (χ0n) is 15.1. The summed E-state index contributed by atoms with van der Waals surface area (Å²) in [5, 5.41) is 0. The van der Waals surface area contributed by atoms with Gasteiger partial charge in [-0.3, -0.25) is 4.79 Å². The molecule has 138 valence electrons. The van der Waals surface area contributed by atoms with E-state index in [-0.39, 0.29) is 11.7 Å². The maximum absolute atomic E-state index is 13.2. The molecule has 1 aromatic heterocycles. The number of benzene rings is 2. The normalized spacial score (nSPS) is 14.9. The van der Waals surface area contributed by atoms with Crippen LogP contribution >= 0.6 is 0 Å². The quantitative estimate of drug-likeness (QED) is 0.704. The second kappa shape index (κ2) is 7.66. The molecule has 0 bridgehead atoms. The highest BCUT2D eigenvalue weighted by atomic mass is 19.1. The highest BCUT2D eigenvalue weighted by molar-refractivity contribution is 5.94. The molecule has 0 radical (unpaired) electrons. The van der Waals surface area contributed by atoms with E-state index in [1.54, 1.807) is 12.1 Å². The second-order valence-corrected chi connectivity index (χ2v) is 6.75. The summed E-state index contributed by atoms with van der Waals surface area (Å²) in [6.07, 6.45) is 4.83. The van der Waals surface area contributed by atoms with Gasteiger partial charge in [0.15, 0.2) is 0 Å². The highest BCUT2D eigenvalue weighted by Crippen LogP contribution is 2.19. The minimum absolute atomic E-state index is 0.0602. The Bertz CT molecular complexity index is 906. The summed E-state index contributed by atoms with van der Waals surface area (Å²) in [5.41, 5.74) is 2.69. The van der Waals surface area contributed by atoms with Crippen molar-refractivity contribution in [3.63, 3.8) is 0 Å². The van der Waals surface area contributed by atoms with E-state index in [0.717, 1.165) is 37.4 Å². The van der Waals surface area contributed by atoms with E-state index in [2.05, 4.69) is 4.90 Å². The number of halogens is 1. The van der Waals surface area contributed by atoms with Gasteiger partial charge in [-0.25, -0.2) is 4.39 Å². The van der Waals surface area contributed by atoms with Crippen molar-refractivity contribution in [1.82, 2.24) is 9.47 Å². The van der Waals surface area contributed by atoms with E-state index in [0.29, 0.717) is 12.1 Å². The van der Waals surface area contributed by atoms with Crippen molar-refractivity contribution in [1.29, 1.82) is 0 Å². The molecule has 2 heterocycles. The Morgan fingerprint density at radius 3 is 2.37 bits per heavy atom. The molecule has 2 aromatic carbocycles. The van der Waals surface area contributed by atoms with Gasteiger partial charge in [0.2, 0.25) is 0 Å². The summed E-state index contributed by atoms with van der Waals surface area (Å²) in [6, 6.07) is 18.2. The summed E-state index contributed by atoms with van der Waals surface area (Å²) in [5.74, 6) is -0.169. The molecule has 0 aliphatic carbocycles. The summed E-state index contributed by atoms with van der Waals surface area (Å²) < 4.78 is 15.1. The van der Waals surface area contributed by atoms with Crippen LogP contribution in [0.1, 0.15) is 16.8 Å². The lowest BCUT2D eigenvalue weighted by atomic mass is 10.1. The monoisotopic (exact) mass is 363 g/mol. The molecule has 4 nitrogen and oxygen atoms in total. The third-order valence-corrected chi connectivity index (χ3v) is 4.97. The van der Waals surface area contributed by atoms with Crippen LogP contribution in [0.4, 0.5) is 10.1 Å². The lowest BCUT2D eigenvalue weighted by molar-refractivity contribution is 0.0767. The summed E-state index contributed by atoms with van der Waals surface area (Å²) in [7, 11) is 0.